The van der Waals surface area contributed by atoms with Crippen molar-refractivity contribution in [3.8, 4) is 11.5 Å². The van der Waals surface area contributed by atoms with Crippen LogP contribution < -0.4 is 9.47 Å². The van der Waals surface area contributed by atoms with Crippen LogP contribution in [0.15, 0.2) is 17.7 Å². The summed E-state index contributed by atoms with van der Waals surface area (Å²) in [4.78, 5) is 14.3. The van der Waals surface area contributed by atoms with Crippen LogP contribution in [0.5, 0.6) is 11.5 Å². The fourth-order valence-corrected chi connectivity index (χ4v) is 2.81. The van der Waals surface area contributed by atoms with Gasteiger partial charge in [0, 0.05) is 25.1 Å². The van der Waals surface area contributed by atoms with Crippen molar-refractivity contribution < 1.29 is 14.3 Å². The Kier molecular flexibility index (Phi) is 5.86. The summed E-state index contributed by atoms with van der Waals surface area (Å²) in [5.41, 5.74) is 1.67. The van der Waals surface area contributed by atoms with Gasteiger partial charge in [0.1, 0.15) is 0 Å². The van der Waals surface area contributed by atoms with Gasteiger partial charge in [-0.25, -0.2) is 0 Å². The Morgan fingerprint density at radius 2 is 2.14 bits per heavy atom. The zero-order valence-electron chi connectivity index (χ0n) is 13.3. The van der Waals surface area contributed by atoms with Gasteiger partial charge in [0.15, 0.2) is 17.3 Å². The number of Topliss-reactive ketones (excluding diaryl/α,β-unsaturated/α-hetero) is 1. The van der Waals surface area contributed by atoms with Crippen LogP contribution in [-0.2, 0) is 4.79 Å². The van der Waals surface area contributed by atoms with Crippen LogP contribution >= 0.6 is 11.6 Å². The van der Waals surface area contributed by atoms with E-state index >= 15 is 0 Å². The molecule has 120 valence electrons. The van der Waals surface area contributed by atoms with E-state index in [1.54, 1.807) is 13.2 Å². The minimum atomic E-state index is 0.202. The largest absolute Gasteiger partial charge is 0.493 e. The predicted molar refractivity (Wildman–Crippen MR) is 88.9 cm³/mol. The van der Waals surface area contributed by atoms with Crippen LogP contribution in [0, 0.1) is 0 Å². The van der Waals surface area contributed by atoms with E-state index in [0.717, 1.165) is 24.2 Å². The smallest absolute Gasteiger partial charge is 0.179 e. The molecule has 5 heteroatoms. The molecular formula is C17H22ClNO3. The molecule has 0 amide bonds. The van der Waals surface area contributed by atoms with Crippen molar-refractivity contribution in [1.82, 2.24) is 4.90 Å². The Labute approximate surface area is 136 Å². The molecule has 1 aromatic rings. The highest BCUT2D eigenvalue weighted by molar-refractivity contribution is 6.32. The SMILES string of the molecule is CCOc1c(Cl)cc(/C=C2\CN(CC)CCC2=O)cc1OC. The second-order valence-electron chi connectivity index (χ2n) is 5.18. The molecule has 1 saturated heterocycles. The van der Waals surface area contributed by atoms with Crippen molar-refractivity contribution in [2.24, 2.45) is 0 Å². The minimum Gasteiger partial charge on any atom is -0.493 e. The number of nitrogens with zero attached hydrogens (tertiary/aromatic N) is 1. The van der Waals surface area contributed by atoms with Crippen molar-refractivity contribution >= 4 is 23.5 Å². The summed E-state index contributed by atoms with van der Waals surface area (Å²) in [6.45, 7) is 6.97. The van der Waals surface area contributed by atoms with Gasteiger partial charge in [-0.05, 0) is 37.2 Å². The Hall–Kier alpha value is -1.52. The third-order valence-electron chi connectivity index (χ3n) is 3.74. The molecule has 2 rings (SSSR count). The number of likely N-dealkylation sites (tertiary alicyclic amines) is 1. The lowest BCUT2D eigenvalue weighted by atomic mass is 10.00. The third-order valence-corrected chi connectivity index (χ3v) is 4.02. The van der Waals surface area contributed by atoms with Crippen LogP contribution in [0.25, 0.3) is 6.08 Å². The van der Waals surface area contributed by atoms with Gasteiger partial charge in [0.25, 0.3) is 0 Å². The van der Waals surface area contributed by atoms with Gasteiger partial charge in [-0.1, -0.05) is 18.5 Å². The van der Waals surface area contributed by atoms with E-state index in [0.29, 0.717) is 36.1 Å². The Balaban J connectivity index is 2.34. The standard InChI is InChI=1S/C17H22ClNO3/c1-4-19-7-6-15(20)13(11-19)8-12-9-14(18)17(22-5-2)16(10-12)21-3/h8-10H,4-7,11H2,1-3H3/b13-8+. The van der Waals surface area contributed by atoms with E-state index in [9.17, 15) is 4.79 Å². The maximum absolute atomic E-state index is 12.1. The predicted octanol–water partition coefficient (Wildman–Crippen LogP) is 3.43. The highest BCUT2D eigenvalue weighted by Crippen LogP contribution is 2.37. The second-order valence-corrected chi connectivity index (χ2v) is 5.59. The monoisotopic (exact) mass is 323 g/mol. The lowest BCUT2D eigenvalue weighted by Gasteiger charge is -2.26. The van der Waals surface area contributed by atoms with Crippen LogP contribution in [-0.4, -0.2) is 44.0 Å². The van der Waals surface area contributed by atoms with E-state index in [1.807, 2.05) is 19.1 Å². The molecule has 1 aliphatic heterocycles. The number of methoxy groups -OCH3 is 1. The molecule has 1 fully saturated rings. The number of halogens is 1. The topological polar surface area (TPSA) is 38.8 Å². The summed E-state index contributed by atoms with van der Waals surface area (Å²) in [5.74, 6) is 1.32. The van der Waals surface area contributed by atoms with Gasteiger partial charge < -0.3 is 9.47 Å². The molecule has 4 nitrogen and oxygen atoms in total. The highest BCUT2D eigenvalue weighted by atomic mass is 35.5. The van der Waals surface area contributed by atoms with Gasteiger partial charge in [0.05, 0.1) is 18.7 Å². The molecule has 0 bridgehead atoms. The number of ether oxygens (including phenoxy) is 2. The van der Waals surface area contributed by atoms with Crippen LogP contribution in [0.4, 0.5) is 0 Å². The fourth-order valence-electron chi connectivity index (χ4n) is 2.53. The Morgan fingerprint density at radius 1 is 1.36 bits per heavy atom. The molecule has 0 radical (unpaired) electrons. The lowest BCUT2D eigenvalue weighted by Crippen LogP contribution is -2.35. The molecule has 0 saturated carbocycles. The molecule has 22 heavy (non-hydrogen) atoms. The number of rotatable bonds is 5. The molecule has 0 aromatic heterocycles. The molecule has 0 N–H and O–H groups in total. The Bertz CT molecular complexity index is 584. The summed E-state index contributed by atoms with van der Waals surface area (Å²) in [6, 6.07) is 3.66. The molecule has 1 aromatic carbocycles. The number of carbonyl (C=O) groups is 1. The molecular weight excluding hydrogens is 302 g/mol. The first kappa shape index (κ1) is 16.8. The molecule has 0 atom stereocenters. The van der Waals surface area contributed by atoms with Gasteiger partial charge in [-0.2, -0.15) is 0 Å². The lowest BCUT2D eigenvalue weighted by molar-refractivity contribution is -0.117. The molecule has 1 heterocycles. The van der Waals surface area contributed by atoms with Crippen LogP contribution in [0.3, 0.4) is 0 Å². The zero-order chi connectivity index (χ0) is 16.1. The van der Waals surface area contributed by atoms with Crippen molar-refractivity contribution in [2.45, 2.75) is 20.3 Å². The average molecular weight is 324 g/mol. The highest BCUT2D eigenvalue weighted by Gasteiger charge is 2.20. The average Bonchev–Trinajstić information content (AvgIpc) is 2.51. The first-order chi connectivity index (χ1) is 10.6. The second kappa shape index (κ2) is 7.65. The molecule has 0 spiro atoms. The van der Waals surface area contributed by atoms with Crippen molar-refractivity contribution in [2.75, 3.05) is 33.4 Å². The quantitative estimate of drug-likeness (QED) is 0.778. The number of benzene rings is 1. The van der Waals surface area contributed by atoms with E-state index < -0.39 is 0 Å². The van der Waals surface area contributed by atoms with E-state index in [2.05, 4.69) is 11.8 Å². The van der Waals surface area contributed by atoms with Gasteiger partial charge in [-0.3, -0.25) is 9.69 Å². The summed E-state index contributed by atoms with van der Waals surface area (Å²) in [7, 11) is 1.58. The maximum atomic E-state index is 12.1. The first-order valence-corrected chi connectivity index (χ1v) is 7.93. The summed E-state index contributed by atoms with van der Waals surface area (Å²) < 4.78 is 10.9. The number of hydrogen-bond acceptors (Lipinski definition) is 4. The van der Waals surface area contributed by atoms with Crippen molar-refractivity contribution in [1.29, 1.82) is 0 Å². The van der Waals surface area contributed by atoms with E-state index in [4.69, 9.17) is 21.1 Å². The normalized spacial score (nSPS) is 17.8. The maximum Gasteiger partial charge on any atom is 0.179 e. The van der Waals surface area contributed by atoms with Gasteiger partial charge in [0.2, 0.25) is 0 Å². The number of hydrogen-bond donors (Lipinski definition) is 0. The molecule has 0 aliphatic carbocycles. The van der Waals surface area contributed by atoms with Crippen LogP contribution in [0.1, 0.15) is 25.8 Å². The Morgan fingerprint density at radius 3 is 2.77 bits per heavy atom. The summed E-state index contributed by atoms with van der Waals surface area (Å²) >= 11 is 6.27. The zero-order valence-corrected chi connectivity index (χ0v) is 14.1. The van der Waals surface area contributed by atoms with E-state index in [-0.39, 0.29) is 5.78 Å². The van der Waals surface area contributed by atoms with Crippen molar-refractivity contribution in [3.63, 3.8) is 0 Å². The van der Waals surface area contributed by atoms with Gasteiger partial charge >= 0.3 is 0 Å². The van der Waals surface area contributed by atoms with E-state index in [1.165, 1.54) is 0 Å². The molecule has 0 unspecified atom stereocenters. The summed E-state index contributed by atoms with van der Waals surface area (Å²) in [5, 5.41) is 0.489. The molecule has 1 aliphatic rings. The van der Waals surface area contributed by atoms with Crippen molar-refractivity contribution in [3.05, 3.63) is 28.3 Å². The fraction of sp³-hybridized carbons (Fsp3) is 0.471. The number of likely N-dealkylation sites (N-methyl/N-ethyl adjacent to an activating group) is 1. The third kappa shape index (κ3) is 3.81. The minimum absolute atomic E-state index is 0.202. The summed E-state index contributed by atoms with van der Waals surface area (Å²) in [6.07, 6.45) is 2.47. The first-order valence-electron chi connectivity index (χ1n) is 7.55. The number of ketones is 1. The van der Waals surface area contributed by atoms with Crippen LogP contribution in [0.2, 0.25) is 5.02 Å². The number of piperidine rings is 1. The van der Waals surface area contributed by atoms with Gasteiger partial charge in [-0.15, -0.1) is 0 Å². The number of carbonyl (C=O) groups excluding carboxylic acids is 1.